The maximum absolute atomic E-state index is 13.9. The molecule has 1 saturated heterocycles. The highest BCUT2D eigenvalue weighted by Gasteiger charge is 2.39. The van der Waals surface area contributed by atoms with Crippen LogP contribution in [-0.2, 0) is 16.5 Å². The van der Waals surface area contributed by atoms with Crippen LogP contribution in [0.3, 0.4) is 0 Å². The van der Waals surface area contributed by atoms with Gasteiger partial charge in [-0.3, -0.25) is 4.79 Å². The second kappa shape index (κ2) is 11.0. The van der Waals surface area contributed by atoms with Crippen LogP contribution in [0.2, 0.25) is 0 Å². The number of carbonyl (C=O) groups excluding carboxylic acids is 1. The smallest absolute Gasteiger partial charge is 0.364 e. The van der Waals surface area contributed by atoms with E-state index in [1.54, 1.807) is 6.08 Å². The highest BCUT2D eigenvalue weighted by atomic mass is 19.4. The Kier molecular flexibility index (Phi) is 8.45. The van der Waals surface area contributed by atoms with Gasteiger partial charge >= 0.3 is 6.18 Å². The summed E-state index contributed by atoms with van der Waals surface area (Å²) in [4.78, 5) is 16.0. The van der Waals surface area contributed by atoms with Crippen LogP contribution in [0.25, 0.3) is 0 Å². The van der Waals surface area contributed by atoms with Crippen LogP contribution in [0, 0.1) is 0 Å². The van der Waals surface area contributed by atoms with Crippen molar-refractivity contribution in [2.75, 3.05) is 7.05 Å². The van der Waals surface area contributed by atoms with Crippen molar-refractivity contribution >= 4 is 5.91 Å². The maximum atomic E-state index is 13.9. The summed E-state index contributed by atoms with van der Waals surface area (Å²) in [6.07, 6.45) is 1.11. The van der Waals surface area contributed by atoms with E-state index in [0.29, 0.717) is 29.8 Å². The van der Waals surface area contributed by atoms with E-state index in [4.69, 9.17) is 0 Å². The number of benzene rings is 2. The second-order valence-corrected chi connectivity index (χ2v) is 10.3. The van der Waals surface area contributed by atoms with Gasteiger partial charge in [-0.15, -0.1) is 0 Å². The number of rotatable bonds is 7. The van der Waals surface area contributed by atoms with Crippen LogP contribution in [0.4, 0.5) is 13.2 Å². The molecule has 1 aliphatic heterocycles. The standard InChI is InChI=1S/C30H38F3N3O/c1-7-13-24(26-34-25(20-28(4,5)36(26)6)21-14-11-10-12-15-21)27(37)35-29(8-2,9-3)22-16-18-23(19-17-22)30(31,32)33/h7,10-19,25,34H,8-9,20H2,1-6H3,(H,35,37)/b13-7+,26-24+. The van der Waals surface area contributed by atoms with E-state index in [-0.39, 0.29) is 17.5 Å². The Bertz CT molecular complexity index is 1130. The Morgan fingerprint density at radius 1 is 1.05 bits per heavy atom. The summed E-state index contributed by atoms with van der Waals surface area (Å²) in [6, 6.07) is 15.3. The lowest BCUT2D eigenvalue weighted by atomic mass is 9.83. The predicted molar refractivity (Wildman–Crippen MR) is 142 cm³/mol. The summed E-state index contributed by atoms with van der Waals surface area (Å²) in [5.41, 5.74) is 0.531. The highest BCUT2D eigenvalue weighted by molar-refractivity contribution is 5.97. The molecule has 2 N–H and O–H groups in total. The zero-order valence-corrected chi connectivity index (χ0v) is 22.5. The molecule has 1 atom stereocenters. The van der Waals surface area contributed by atoms with Gasteiger partial charge in [0.15, 0.2) is 0 Å². The van der Waals surface area contributed by atoms with E-state index in [0.717, 1.165) is 24.1 Å². The molecule has 0 saturated carbocycles. The Hall–Kier alpha value is -3.22. The number of allylic oxidation sites excluding steroid dienone is 1. The minimum atomic E-state index is -4.41. The van der Waals surface area contributed by atoms with Crippen molar-refractivity contribution < 1.29 is 18.0 Å². The molecular formula is C30H38F3N3O. The predicted octanol–water partition coefficient (Wildman–Crippen LogP) is 7.07. The van der Waals surface area contributed by atoms with Crippen LogP contribution in [0.1, 0.15) is 76.6 Å². The average Bonchev–Trinajstić information content (AvgIpc) is 2.87. The Morgan fingerprint density at radius 3 is 2.14 bits per heavy atom. The zero-order valence-electron chi connectivity index (χ0n) is 22.5. The highest BCUT2D eigenvalue weighted by Crippen LogP contribution is 2.37. The molecule has 0 spiro atoms. The number of hydrogen-bond acceptors (Lipinski definition) is 3. The summed E-state index contributed by atoms with van der Waals surface area (Å²) in [6.45, 7) is 10.0. The van der Waals surface area contributed by atoms with E-state index in [1.165, 1.54) is 12.1 Å². The molecule has 2 aromatic rings. The van der Waals surface area contributed by atoms with Crippen LogP contribution in [0.5, 0.6) is 0 Å². The average molecular weight is 514 g/mol. The maximum Gasteiger partial charge on any atom is 0.416 e. The van der Waals surface area contributed by atoms with Gasteiger partial charge in [-0.05, 0) is 63.3 Å². The molecule has 0 bridgehead atoms. The van der Waals surface area contributed by atoms with E-state index in [1.807, 2.05) is 52.1 Å². The molecule has 2 aromatic carbocycles. The quantitative estimate of drug-likeness (QED) is 0.389. The fourth-order valence-corrected chi connectivity index (χ4v) is 5.00. The Balaban J connectivity index is 2.03. The largest absolute Gasteiger partial charge is 0.416 e. The van der Waals surface area contributed by atoms with Crippen molar-refractivity contribution in [3.05, 3.63) is 94.8 Å². The molecule has 1 amide bonds. The Morgan fingerprint density at radius 2 is 1.62 bits per heavy atom. The molecule has 1 aliphatic rings. The van der Waals surface area contributed by atoms with Crippen molar-refractivity contribution in [3.8, 4) is 0 Å². The summed E-state index contributed by atoms with van der Waals surface area (Å²) < 4.78 is 39.4. The van der Waals surface area contributed by atoms with Crippen molar-refractivity contribution in [2.45, 2.75) is 77.2 Å². The number of nitrogens with one attached hydrogen (secondary N) is 2. The lowest BCUT2D eigenvalue weighted by Crippen LogP contribution is -2.54. The number of hydrogen-bond donors (Lipinski definition) is 2. The van der Waals surface area contributed by atoms with Gasteiger partial charge in [0.1, 0.15) is 5.82 Å². The monoisotopic (exact) mass is 513 g/mol. The van der Waals surface area contributed by atoms with Gasteiger partial charge in [0.25, 0.3) is 5.91 Å². The Labute approximate surface area is 218 Å². The van der Waals surface area contributed by atoms with Gasteiger partial charge in [0.05, 0.1) is 22.7 Å². The minimum Gasteiger partial charge on any atom is -0.364 e. The molecule has 200 valence electrons. The SMILES string of the molecule is C/C=C/C(C(=O)NC(CC)(CC)c1ccc(C(F)(F)F)cc1)=C1/NC(c2ccccc2)CC(C)(C)N1C. The van der Waals surface area contributed by atoms with Crippen LogP contribution < -0.4 is 10.6 Å². The summed E-state index contributed by atoms with van der Waals surface area (Å²) >= 11 is 0. The summed E-state index contributed by atoms with van der Waals surface area (Å²) in [7, 11) is 1.98. The van der Waals surface area contributed by atoms with Gasteiger partial charge in [-0.1, -0.05) is 68.5 Å². The lowest BCUT2D eigenvalue weighted by Gasteiger charge is -2.48. The number of halogens is 3. The van der Waals surface area contributed by atoms with Crippen molar-refractivity contribution in [2.24, 2.45) is 0 Å². The third kappa shape index (κ3) is 6.03. The fraction of sp³-hybridized carbons (Fsp3) is 0.433. The molecular weight excluding hydrogens is 475 g/mol. The third-order valence-corrected chi connectivity index (χ3v) is 7.62. The summed E-state index contributed by atoms with van der Waals surface area (Å²) in [5.74, 6) is 0.440. The molecule has 3 rings (SSSR count). The number of amides is 1. The first-order valence-electron chi connectivity index (χ1n) is 12.8. The lowest BCUT2D eigenvalue weighted by molar-refractivity contribution is -0.137. The van der Waals surface area contributed by atoms with Crippen LogP contribution in [0.15, 0.2) is 78.1 Å². The first kappa shape index (κ1) is 28.4. The fourth-order valence-electron chi connectivity index (χ4n) is 5.00. The molecule has 0 aliphatic carbocycles. The van der Waals surface area contributed by atoms with Crippen LogP contribution in [-0.4, -0.2) is 23.4 Å². The third-order valence-electron chi connectivity index (χ3n) is 7.62. The molecule has 4 nitrogen and oxygen atoms in total. The first-order chi connectivity index (χ1) is 17.4. The van der Waals surface area contributed by atoms with Gasteiger partial charge in [0.2, 0.25) is 0 Å². The van der Waals surface area contributed by atoms with Crippen molar-refractivity contribution in [1.82, 2.24) is 15.5 Å². The van der Waals surface area contributed by atoms with Crippen molar-refractivity contribution in [1.29, 1.82) is 0 Å². The van der Waals surface area contributed by atoms with E-state index in [9.17, 15) is 18.0 Å². The molecule has 7 heteroatoms. The van der Waals surface area contributed by atoms with E-state index >= 15 is 0 Å². The van der Waals surface area contributed by atoms with Gasteiger partial charge < -0.3 is 15.5 Å². The second-order valence-electron chi connectivity index (χ2n) is 10.3. The molecule has 1 fully saturated rings. The molecule has 0 radical (unpaired) electrons. The zero-order chi connectivity index (χ0) is 27.4. The first-order valence-corrected chi connectivity index (χ1v) is 12.8. The number of nitrogens with zero attached hydrogens (tertiary/aromatic N) is 1. The molecule has 0 aromatic heterocycles. The minimum absolute atomic E-state index is 0.0208. The topological polar surface area (TPSA) is 44.4 Å². The molecule has 1 unspecified atom stereocenters. The van der Waals surface area contributed by atoms with Gasteiger partial charge in [-0.25, -0.2) is 0 Å². The normalized spacial score (nSPS) is 19.5. The number of carbonyl (C=O) groups is 1. The molecule has 37 heavy (non-hydrogen) atoms. The van der Waals surface area contributed by atoms with Gasteiger partial charge in [0, 0.05) is 12.6 Å². The van der Waals surface area contributed by atoms with Crippen molar-refractivity contribution in [3.63, 3.8) is 0 Å². The summed E-state index contributed by atoms with van der Waals surface area (Å²) in [5, 5.41) is 6.79. The van der Waals surface area contributed by atoms with E-state index < -0.39 is 17.3 Å². The van der Waals surface area contributed by atoms with E-state index in [2.05, 4.69) is 41.5 Å². The number of alkyl halides is 3. The van der Waals surface area contributed by atoms with Crippen LogP contribution >= 0.6 is 0 Å². The van der Waals surface area contributed by atoms with Gasteiger partial charge in [-0.2, -0.15) is 13.2 Å². The molecule has 1 heterocycles.